The summed E-state index contributed by atoms with van der Waals surface area (Å²) in [7, 11) is 0. The Balaban J connectivity index is 1.36. The van der Waals surface area contributed by atoms with Crippen LogP contribution < -0.4 is 10.6 Å². The van der Waals surface area contributed by atoms with Crippen molar-refractivity contribution in [2.45, 2.75) is 32.9 Å². The van der Waals surface area contributed by atoms with Crippen molar-refractivity contribution in [3.63, 3.8) is 0 Å². The number of hydrogen-bond donors (Lipinski definition) is 2. The molecule has 1 aliphatic rings. The van der Waals surface area contributed by atoms with Crippen LogP contribution in [-0.2, 0) is 27.3 Å². The predicted molar refractivity (Wildman–Crippen MR) is 131 cm³/mol. The lowest BCUT2D eigenvalue weighted by Gasteiger charge is -2.25. The van der Waals surface area contributed by atoms with Crippen LogP contribution in [0.2, 0.25) is 0 Å². The quantitative estimate of drug-likeness (QED) is 0.531. The zero-order valence-corrected chi connectivity index (χ0v) is 19.9. The molecule has 2 heterocycles. The van der Waals surface area contributed by atoms with Crippen molar-refractivity contribution >= 4 is 39.1 Å². The minimum absolute atomic E-state index is 0.0609. The van der Waals surface area contributed by atoms with Crippen LogP contribution >= 0.6 is 11.3 Å². The largest absolute Gasteiger partial charge is 0.379 e. The van der Waals surface area contributed by atoms with E-state index in [4.69, 9.17) is 4.74 Å². The van der Waals surface area contributed by atoms with E-state index in [0.717, 1.165) is 54.9 Å². The van der Waals surface area contributed by atoms with E-state index in [0.29, 0.717) is 5.13 Å². The van der Waals surface area contributed by atoms with Crippen LogP contribution in [0.1, 0.15) is 25.1 Å². The predicted octanol–water partition coefficient (Wildman–Crippen LogP) is 3.45. The van der Waals surface area contributed by atoms with Crippen LogP contribution in [0.4, 0.5) is 5.13 Å². The summed E-state index contributed by atoms with van der Waals surface area (Å²) >= 11 is 1.40. The third kappa shape index (κ3) is 6.16. The Bertz CT molecular complexity index is 1100. The Morgan fingerprint density at radius 3 is 2.67 bits per heavy atom. The van der Waals surface area contributed by atoms with Gasteiger partial charge in [0.2, 0.25) is 11.8 Å². The summed E-state index contributed by atoms with van der Waals surface area (Å²) < 4.78 is 5.38. The van der Waals surface area contributed by atoms with Crippen molar-refractivity contribution in [3.8, 4) is 0 Å². The molecule has 2 amide bonds. The first kappa shape index (κ1) is 23.4. The Labute approximate surface area is 198 Å². The number of amides is 2. The molecule has 0 aliphatic carbocycles. The van der Waals surface area contributed by atoms with E-state index in [1.54, 1.807) is 0 Å². The van der Waals surface area contributed by atoms with Crippen LogP contribution in [0.15, 0.2) is 47.8 Å². The fourth-order valence-electron chi connectivity index (χ4n) is 3.99. The normalized spacial score (nSPS) is 15.5. The van der Waals surface area contributed by atoms with Crippen molar-refractivity contribution in [1.29, 1.82) is 0 Å². The Morgan fingerprint density at radius 1 is 1.12 bits per heavy atom. The van der Waals surface area contributed by atoms with Crippen molar-refractivity contribution in [2.24, 2.45) is 5.92 Å². The molecular formula is C25H30N4O3S. The molecule has 0 radical (unpaired) electrons. The van der Waals surface area contributed by atoms with Gasteiger partial charge < -0.3 is 15.4 Å². The molecule has 4 rings (SSSR count). The van der Waals surface area contributed by atoms with E-state index in [1.807, 2.05) is 61.7 Å². The minimum atomic E-state index is -0.640. The van der Waals surface area contributed by atoms with Gasteiger partial charge in [-0.15, -0.1) is 11.3 Å². The van der Waals surface area contributed by atoms with Crippen molar-refractivity contribution in [1.82, 2.24) is 15.2 Å². The number of ether oxygens (including phenoxy) is 1. The molecule has 1 aliphatic heterocycles. The maximum absolute atomic E-state index is 13.0. The Hall–Kier alpha value is -2.81. The summed E-state index contributed by atoms with van der Waals surface area (Å²) in [6.07, 6.45) is 0.221. The molecule has 174 valence electrons. The number of morpholine rings is 1. The van der Waals surface area contributed by atoms with E-state index in [9.17, 15) is 9.59 Å². The molecule has 33 heavy (non-hydrogen) atoms. The smallest absolute Gasteiger partial charge is 0.248 e. The van der Waals surface area contributed by atoms with Gasteiger partial charge in [-0.3, -0.25) is 14.5 Å². The fraction of sp³-hybridized carbons (Fsp3) is 0.400. The molecule has 8 heteroatoms. The summed E-state index contributed by atoms with van der Waals surface area (Å²) in [5.74, 6) is -0.481. The van der Waals surface area contributed by atoms with E-state index in [-0.39, 0.29) is 24.2 Å². The van der Waals surface area contributed by atoms with Gasteiger partial charge in [0, 0.05) is 25.0 Å². The van der Waals surface area contributed by atoms with Gasteiger partial charge in [0.15, 0.2) is 5.13 Å². The third-order valence-corrected chi connectivity index (χ3v) is 6.57. The molecule has 2 N–H and O–H groups in total. The summed E-state index contributed by atoms with van der Waals surface area (Å²) in [5.41, 5.74) is 1.87. The zero-order valence-electron chi connectivity index (χ0n) is 19.0. The van der Waals surface area contributed by atoms with Crippen LogP contribution in [-0.4, -0.2) is 54.0 Å². The number of carbonyl (C=O) groups is 2. The van der Waals surface area contributed by atoms with Gasteiger partial charge in [-0.25, -0.2) is 4.98 Å². The molecule has 2 aromatic carbocycles. The van der Waals surface area contributed by atoms with Gasteiger partial charge in [-0.1, -0.05) is 56.3 Å². The maximum Gasteiger partial charge on any atom is 0.248 e. The molecule has 3 aromatic rings. The number of rotatable bonds is 8. The van der Waals surface area contributed by atoms with E-state index < -0.39 is 6.04 Å². The molecular weight excluding hydrogens is 436 g/mol. The summed E-state index contributed by atoms with van der Waals surface area (Å²) in [6.45, 7) is 7.84. The molecule has 1 saturated heterocycles. The van der Waals surface area contributed by atoms with E-state index >= 15 is 0 Å². The molecule has 1 atom stereocenters. The van der Waals surface area contributed by atoms with Crippen molar-refractivity contribution in [3.05, 3.63) is 59.1 Å². The van der Waals surface area contributed by atoms with Gasteiger partial charge in [-0.05, 0) is 22.3 Å². The number of benzene rings is 2. The molecule has 7 nitrogen and oxygen atoms in total. The number of nitrogens with zero attached hydrogens (tertiary/aromatic N) is 2. The van der Waals surface area contributed by atoms with Crippen LogP contribution in [0.3, 0.4) is 0 Å². The molecule has 1 fully saturated rings. The molecule has 0 spiro atoms. The van der Waals surface area contributed by atoms with Crippen LogP contribution in [0, 0.1) is 5.92 Å². The average Bonchev–Trinajstić information content (AvgIpc) is 3.24. The van der Waals surface area contributed by atoms with Crippen molar-refractivity contribution in [2.75, 3.05) is 31.6 Å². The number of nitrogens with one attached hydrogen (secondary N) is 2. The van der Waals surface area contributed by atoms with E-state index in [1.165, 1.54) is 11.3 Å². The molecule has 0 unspecified atom stereocenters. The maximum atomic E-state index is 13.0. The number of aromatic nitrogens is 1. The van der Waals surface area contributed by atoms with E-state index in [2.05, 4.69) is 20.5 Å². The molecule has 0 bridgehead atoms. The second-order valence-electron chi connectivity index (χ2n) is 8.63. The SMILES string of the molecule is CC(C)[C@@H](NC(=O)Cc1cccc2ccccc12)C(=O)Nc1nc(CN2CCOCC2)cs1. The highest BCUT2D eigenvalue weighted by Crippen LogP contribution is 2.20. The van der Waals surface area contributed by atoms with Gasteiger partial charge in [-0.2, -0.15) is 0 Å². The lowest BCUT2D eigenvalue weighted by Crippen LogP contribution is -2.47. The number of fused-ring (bicyclic) bond motifs is 1. The molecule has 0 saturated carbocycles. The van der Waals surface area contributed by atoms with Gasteiger partial charge in [0.05, 0.1) is 25.3 Å². The number of hydrogen-bond acceptors (Lipinski definition) is 6. The second kappa shape index (κ2) is 10.9. The lowest BCUT2D eigenvalue weighted by atomic mass is 10.0. The molecule has 1 aromatic heterocycles. The monoisotopic (exact) mass is 466 g/mol. The Kier molecular flexibility index (Phi) is 7.69. The van der Waals surface area contributed by atoms with Crippen LogP contribution in [0.5, 0.6) is 0 Å². The first-order chi connectivity index (χ1) is 16.0. The Morgan fingerprint density at radius 2 is 1.88 bits per heavy atom. The first-order valence-electron chi connectivity index (χ1n) is 11.3. The second-order valence-corrected chi connectivity index (χ2v) is 9.48. The van der Waals surface area contributed by atoms with Crippen molar-refractivity contribution < 1.29 is 14.3 Å². The summed E-state index contributed by atoms with van der Waals surface area (Å²) in [5, 5.41) is 10.5. The highest BCUT2D eigenvalue weighted by Gasteiger charge is 2.25. The number of anilines is 1. The van der Waals surface area contributed by atoms with Gasteiger partial charge in [0.1, 0.15) is 6.04 Å². The average molecular weight is 467 g/mol. The zero-order chi connectivity index (χ0) is 23.2. The van der Waals surface area contributed by atoms with Gasteiger partial charge >= 0.3 is 0 Å². The highest BCUT2D eigenvalue weighted by atomic mass is 32.1. The van der Waals surface area contributed by atoms with Crippen LogP contribution in [0.25, 0.3) is 10.8 Å². The number of carbonyl (C=O) groups excluding carboxylic acids is 2. The van der Waals surface area contributed by atoms with Gasteiger partial charge in [0.25, 0.3) is 0 Å². The first-order valence-corrected chi connectivity index (χ1v) is 12.2. The standard InChI is InChI=1S/C25H30N4O3S/c1-17(2)23(27-22(30)14-19-8-5-7-18-6-3-4-9-21(18)19)24(31)28-25-26-20(16-33-25)15-29-10-12-32-13-11-29/h3-9,16-17,23H,10-15H2,1-2H3,(H,27,30)(H,26,28,31)/t23-/m1/s1. The highest BCUT2D eigenvalue weighted by molar-refractivity contribution is 7.13. The lowest BCUT2D eigenvalue weighted by molar-refractivity contribution is -0.127. The third-order valence-electron chi connectivity index (χ3n) is 5.77. The summed E-state index contributed by atoms with van der Waals surface area (Å²) in [6, 6.07) is 13.3. The topological polar surface area (TPSA) is 83.6 Å². The number of thiazole rings is 1. The minimum Gasteiger partial charge on any atom is -0.379 e. The summed E-state index contributed by atoms with van der Waals surface area (Å²) in [4.78, 5) is 32.6. The fourth-order valence-corrected chi connectivity index (χ4v) is 4.69.